The zero-order valence-electron chi connectivity index (χ0n) is 32.0. The number of hydrogen-bond acceptors (Lipinski definition) is 1. The highest BCUT2D eigenvalue weighted by molar-refractivity contribution is 8.01. The van der Waals surface area contributed by atoms with Crippen LogP contribution in [0.4, 0.5) is 0 Å². The van der Waals surface area contributed by atoms with E-state index in [-0.39, 0.29) is 0 Å². The molecular formula is C44H89S. The minimum absolute atomic E-state index is 1.34. The van der Waals surface area contributed by atoms with Gasteiger partial charge in [0.1, 0.15) is 0 Å². The molecule has 271 valence electrons. The van der Waals surface area contributed by atoms with Crippen LogP contribution in [0.2, 0.25) is 0 Å². The van der Waals surface area contributed by atoms with E-state index in [9.17, 15) is 0 Å². The molecule has 0 heterocycles. The summed E-state index contributed by atoms with van der Waals surface area (Å²) < 4.78 is 0. The minimum atomic E-state index is 1.34. The van der Waals surface area contributed by atoms with Gasteiger partial charge < -0.3 is 0 Å². The van der Waals surface area contributed by atoms with Gasteiger partial charge in [-0.1, -0.05) is 258 Å². The first-order valence-corrected chi connectivity index (χ1v) is 22.9. The van der Waals surface area contributed by atoms with Crippen LogP contribution >= 0.6 is 11.8 Å². The highest BCUT2D eigenvalue weighted by Gasteiger charge is 1.98. The van der Waals surface area contributed by atoms with E-state index < -0.39 is 0 Å². The van der Waals surface area contributed by atoms with Crippen LogP contribution in [0.1, 0.15) is 271 Å². The summed E-state index contributed by atoms with van der Waals surface area (Å²) >= 11 is 2.11. The van der Waals surface area contributed by atoms with Gasteiger partial charge in [-0.05, 0) is 18.6 Å². The van der Waals surface area contributed by atoms with E-state index in [0.29, 0.717) is 0 Å². The molecule has 0 unspecified atom stereocenters. The van der Waals surface area contributed by atoms with Crippen LogP contribution in [0.3, 0.4) is 0 Å². The Morgan fingerprint density at radius 1 is 0.244 bits per heavy atom. The third kappa shape index (κ3) is 44.4. The Kier molecular flexibility index (Phi) is 44.7. The molecule has 0 aliphatic rings. The molecule has 0 atom stereocenters. The van der Waals surface area contributed by atoms with Gasteiger partial charge in [0, 0.05) is 5.75 Å². The molecule has 0 rings (SSSR count). The summed E-state index contributed by atoms with van der Waals surface area (Å²) in [4.78, 5) is 0. The average molecular weight is 650 g/mol. The smallest absolute Gasteiger partial charge is 0.0166 e. The first kappa shape index (κ1) is 45.3. The van der Waals surface area contributed by atoms with Crippen molar-refractivity contribution in [2.45, 2.75) is 271 Å². The Morgan fingerprint density at radius 2 is 0.444 bits per heavy atom. The summed E-state index contributed by atoms with van der Waals surface area (Å²) in [5, 5.41) is 0. The zero-order chi connectivity index (χ0) is 32.4. The molecule has 0 spiro atoms. The molecule has 45 heavy (non-hydrogen) atoms. The van der Waals surface area contributed by atoms with Gasteiger partial charge in [-0.3, -0.25) is 0 Å². The lowest BCUT2D eigenvalue weighted by Crippen LogP contribution is -1.85. The summed E-state index contributed by atoms with van der Waals surface area (Å²) in [5.74, 6) is 3.87. The summed E-state index contributed by atoms with van der Waals surface area (Å²) in [6.45, 7) is 4.62. The number of hydrogen-bond donors (Lipinski definition) is 0. The normalized spacial score (nSPS) is 11.6. The van der Waals surface area contributed by atoms with E-state index in [2.05, 4.69) is 31.4 Å². The van der Waals surface area contributed by atoms with Crippen LogP contribution in [-0.2, 0) is 0 Å². The fourth-order valence-corrected chi connectivity index (χ4v) is 7.78. The lowest BCUT2D eigenvalue weighted by atomic mass is 10.0. The number of thioether (sulfide) groups is 1. The predicted octanol–water partition coefficient (Wildman–Crippen LogP) is 17.5. The van der Waals surface area contributed by atoms with Gasteiger partial charge in [0.05, 0.1) is 0 Å². The second-order valence-corrected chi connectivity index (χ2v) is 16.0. The lowest BCUT2D eigenvalue weighted by molar-refractivity contribution is 0.516. The molecule has 1 radical (unpaired) electrons. The molecule has 0 aromatic rings. The molecule has 0 aromatic heterocycles. The largest absolute Gasteiger partial charge is 0.157 e. The van der Waals surface area contributed by atoms with Gasteiger partial charge in [-0.25, -0.2) is 0 Å². The second kappa shape index (κ2) is 44.4. The molecule has 0 aliphatic carbocycles. The third-order valence-corrected chi connectivity index (χ3v) is 11.2. The molecule has 0 aromatic carbocycles. The molecular weight excluding hydrogens is 561 g/mol. The molecule has 0 amide bonds. The van der Waals surface area contributed by atoms with Crippen molar-refractivity contribution in [1.29, 1.82) is 0 Å². The second-order valence-electron chi connectivity index (χ2n) is 14.9. The van der Waals surface area contributed by atoms with Crippen LogP contribution in [-0.4, -0.2) is 5.75 Å². The fourth-order valence-electron chi connectivity index (χ4n) is 6.91. The van der Waals surface area contributed by atoms with Crippen LogP contribution in [0.25, 0.3) is 0 Å². The van der Waals surface area contributed by atoms with E-state index in [1.165, 1.54) is 263 Å². The van der Waals surface area contributed by atoms with Crippen LogP contribution < -0.4 is 0 Å². The SMILES string of the molecule is CCCCCCCCCCCCCCCCCCCCCCCCCCC[CH]SCCCCCCCCCCCCCCCC. The van der Waals surface area contributed by atoms with Gasteiger partial charge >= 0.3 is 0 Å². The Labute approximate surface area is 293 Å². The van der Waals surface area contributed by atoms with Crippen molar-refractivity contribution in [2.75, 3.05) is 5.75 Å². The summed E-state index contributed by atoms with van der Waals surface area (Å²) in [6, 6.07) is 0. The van der Waals surface area contributed by atoms with Crippen LogP contribution in [0.5, 0.6) is 0 Å². The Hall–Kier alpha value is 0.350. The van der Waals surface area contributed by atoms with Gasteiger partial charge in [-0.15, -0.1) is 0 Å². The maximum Gasteiger partial charge on any atom is 0.0166 e. The van der Waals surface area contributed by atoms with Crippen molar-refractivity contribution < 1.29 is 0 Å². The van der Waals surface area contributed by atoms with Gasteiger partial charge in [-0.2, -0.15) is 11.8 Å². The lowest BCUT2D eigenvalue weighted by Gasteiger charge is -2.05. The highest BCUT2D eigenvalue weighted by Crippen LogP contribution is 2.19. The van der Waals surface area contributed by atoms with Crippen molar-refractivity contribution in [1.82, 2.24) is 0 Å². The molecule has 0 N–H and O–H groups in total. The predicted molar refractivity (Wildman–Crippen MR) is 213 cm³/mol. The monoisotopic (exact) mass is 650 g/mol. The molecule has 0 saturated carbocycles. The first-order valence-electron chi connectivity index (χ1n) is 21.8. The van der Waals surface area contributed by atoms with E-state index >= 15 is 0 Å². The summed E-state index contributed by atoms with van der Waals surface area (Å²) in [6.07, 6.45) is 58.7. The number of unbranched alkanes of at least 4 members (excludes halogenated alkanes) is 38. The Balaban J connectivity index is 3.03. The maximum atomic E-state index is 2.51. The topological polar surface area (TPSA) is 0 Å². The van der Waals surface area contributed by atoms with E-state index in [0.717, 1.165) is 0 Å². The maximum absolute atomic E-state index is 2.51. The molecule has 1 heteroatoms. The van der Waals surface area contributed by atoms with Gasteiger partial charge in [0.25, 0.3) is 0 Å². The van der Waals surface area contributed by atoms with E-state index in [4.69, 9.17) is 0 Å². The van der Waals surface area contributed by atoms with Crippen molar-refractivity contribution in [3.05, 3.63) is 5.75 Å². The zero-order valence-corrected chi connectivity index (χ0v) is 32.8. The standard InChI is InChI=1S/C44H89S/c1-3-5-7-9-11-13-15-17-19-20-21-22-23-24-25-26-27-28-29-30-32-34-36-38-40-42-44-45-43-41-39-37-35-33-31-18-16-14-12-10-8-6-4-2/h44H,3-43H2,1-2H3. The van der Waals surface area contributed by atoms with Crippen LogP contribution in [0.15, 0.2) is 0 Å². The molecule has 0 bridgehead atoms. The molecule has 0 aliphatic heterocycles. The van der Waals surface area contributed by atoms with E-state index in [1.54, 1.807) is 0 Å². The summed E-state index contributed by atoms with van der Waals surface area (Å²) in [5.41, 5.74) is 0. The Bertz CT molecular complexity index is 432. The molecule has 0 fully saturated rings. The highest BCUT2D eigenvalue weighted by atomic mass is 32.2. The van der Waals surface area contributed by atoms with Crippen molar-refractivity contribution in [2.24, 2.45) is 0 Å². The van der Waals surface area contributed by atoms with Gasteiger partial charge in [0.15, 0.2) is 0 Å². The van der Waals surface area contributed by atoms with Crippen molar-refractivity contribution in [3.63, 3.8) is 0 Å². The molecule has 0 nitrogen and oxygen atoms in total. The van der Waals surface area contributed by atoms with Crippen molar-refractivity contribution in [3.8, 4) is 0 Å². The average Bonchev–Trinajstić information content (AvgIpc) is 3.05. The summed E-state index contributed by atoms with van der Waals surface area (Å²) in [7, 11) is 0. The Morgan fingerprint density at radius 3 is 0.689 bits per heavy atom. The van der Waals surface area contributed by atoms with Crippen LogP contribution in [0, 0.1) is 5.75 Å². The van der Waals surface area contributed by atoms with Gasteiger partial charge in [0.2, 0.25) is 0 Å². The molecule has 0 saturated heterocycles. The van der Waals surface area contributed by atoms with E-state index in [1.807, 2.05) is 0 Å². The quantitative estimate of drug-likeness (QED) is 0.0593. The van der Waals surface area contributed by atoms with Crippen molar-refractivity contribution >= 4 is 11.8 Å². The minimum Gasteiger partial charge on any atom is -0.157 e. The fraction of sp³-hybridized carbons (Fsp3) is 0.977. The first-order chi connectivity index (χ1) is 22.4. The number of rotatable bonds is 42. The third-order valence-electron chi connectivity index (χ3n) is 10.2.